The first-order valence-corrected chi connectivity index (χ1v) is 13.3. The molecule has 0 bridgehead atoms. The summed E-state index contributed by atoms with van der Waals surface area (Å²) in [6.07, 6.45) is 5.71. The minimum Gasteiger partial charge on any atom is -1.00 e. The van der Waals surface area contributed by atoms with Crippen molar-refractivity contribution in [2.75, 3.05) is 0 Å². The number of rotatable bonds is 1. The summed E-state index contributed by atoms with van der Waals surface area (Å²) < 4.78 is 1.46. The maximum atomic E-state index is 3.40. The molecule has 1 unspecified atom stereocenters. The molecule has 188 valence electrons. The van der Waals surface area contributed by atoms with Crippen LogP contribution < -0.4 is 24.8 Å². The summed E-state index contributed by atoms with van der Waals surface area (Å²) in [7, 11) is 0. The number of halogens is 2. The predicted molar refractivity (Wildman–Crippen MR) is 147 cm³/mol. The maximum Gasteiger partial charge on any atom is -0.0771 e. The van der Waals surface area contributed by atoms with E-state index in [9.17, 15) is 0 Å². The van der Waals surface area contributed by atoms with Crippen molar-refractivity contribution in [3.05, 3.63) is 113 Å². The van der Waals surface area contributed by atoms with Crippen molar-refractivity contribution >= 4 is 24.8 Å². The van der Waals surface area contributed by atoms with Gasteiger partial charge in [0.1, 0.15) is 0 Å². The van der Waals surface area contributed by atoms with Crippen molar-refractivity contribution in [2.24, 2.45) is 11.3 Å². The number of benzene rings is 3. The van der Waals surface area contributed by atoms with Crippen molar-refractivity contribution in [3.8, 4) is 0 Å². The summed E-state index contributed by atoms with van der Waals surface area (Å²) in [6, 6.07) is 27.9. The zero-order valence-electron chi connectivity index (χ0n) is 22.4. The van der Waals surface area contributed by atoms with Gasteiger partial charge in [-0.3, -0.25) is 6.08 Å². The minimum absolute atomic E-state index is 0. The third-order valence-electron chi connectivity index (χ3n) is 6.08. The Bertz CT molecular complexity index is 1280. The fraction of sp³-hybridized carbons (Fsp3) is 0.273. The van der Waals surface area contributed by atoms with Crippen LogP contribution in [0.15, 0.2) is 96.1 Å². The van der Waals surface area contributed by atoms with Gasteiger partial charge in [0.15, 0.2) is 0 Å². The van der Waals surface area contributed by atoms with Crippen molar-refractivity contribution in [1.29, 1.82) is 0 Å². The molecule has 0 spiro atoms. The topological polar surface area (TPSA) is 0 Å². The maximum absolute atomic E-state index is 3.40. The van der Waals surface area contributed by atoms with Gasteiger partial charge in [0.2, 0.25) is 0 Å². The van der Waals surface area contributed by atoms with E-state index in [1.807, 2.05) is 0 Å². The predicted octanol–water partition coefficient (Wildman–Crippen LogP) is 3.16. The first-order valence-electron chi connectivity index (χ1n) is 12.0. The molecule has 0 saturated carbocycles. The number of hydrogen-bond acceptors (Lipinski definition) is 0. The van der Waals surface area contributed by atoms with Gasteiger partial charge in [0, 0.05) is 0 Å². The van der Waals surface area contributed by atoms with Gasteiger partial charge in [-0.2, -0.15) is 11.6 Å². The molecule has 3 heteroatoms. The van der Waals surface area contributed by atoms with E-state index in [0.717, 1.165) is 0 Å². The molecule has 1 aliphatic carbocycles. The Morgan fingerprint density at radius 3 is 1.64 bits per heavy atom. The molecule has 0 saturated heterocycles. The molecule has 0 aliphatic heterocycles. The van der Waals surface area contributed by atoms with E-state index in [2.05, 4.69) is 139 Å². The summed E-state index contributed by atoms with van der Waals surface area (Å²) >= 11 is 1.51. The Morgan fingerprint density at radius 1 is 0.806 bits per heavy atom. The van der Waals surface area contributed by atoms with Crippen LogP contribution >= 0.6 is 0 Å². The molecule has 1 atom stereocenters. The van der Waals surface area contributed by atoms with Crippen LogP contribution in [-0.2, 0) is 24.2 Å². The second-order valence-corrected chi connectivity index (χ2v) is 12.0. The van der Waals surface area contributed by atoms with Gasteiger partial charge in [0.25, 0.3) is 0 Å². The zero-order valence-corrected chi connectivity index (χ0v) is 26.4. The summed E-state index contributed by atoms with van der Waals surface area (Å²) in [5, 5.41) is 5.39. The van der Waals surface area contributed by atoms with Gasteiger partial charge in [0.05, 0.1) is 0 Å². The van der Waals surface area contributed by atoms with Gasteiger partial charge in [-0.25, -0.2) is 5.57 Å². The fourth-order valence-electron chi connectivity index (χ4n) is 4.36. The van der Waals surface area contributed by atoms with Crippen LogP contribution in [0.1, 0.15) is 52.7 Å². The van der Waals surface area contributed by atoms with E-state index in [4.69, 9.17) is 0 Å². The van der Waals surface area contributed by atoms with Crippen molar-refractivity contribution in [2.45, 2.75) is 48.5 Å². The quantitative estimate of drug-likeness (QED) is 0.297. The molecule has 0 heterocycles. The van der Waals surface area contributed by atoms with Gasteiger partial charge in [-0.1, -0.05) is 82.3 Å². The Morgan fingerprint density at radius 2 is 1.28 bits per heavy atom. The molecule has 0 radical (unpaired) electrons. The van der Waals surface area contributed by atoms with Crippen LogP contribution in [0, 0.1) is 24.3 Å². The first kappa shape index (κ1) is 32.4. The normalized spacial score (nSPS) is 14.3. The monoisotopic (exact) mass is 592 g/mol. The Hall–Kier alpha value is -1.66. The second kappa shape index (κ2) is 14.3. The molecular weight excluding hydrogens is 558 g/mol. The molecule has 0 aromatic heterocycles. The third kappa shape index (κ3) is 8.73. The SMILES string of the molecule is CC1=[C-]C(C)C=C1C(C)(C)C.C[C](=[Zr+2])c1ccc(C)cc1.[Cl-].[Cl-].c1ccc2c(c1)[cH-]c1ccccc12. The number of fused-ring (bicyclic) bond motifs is 3. The summed E-state index contributed by atoms with van der Waals surface area (Å²) in [5.41, 5.74) is 5.81. The Balaban J connectivity index is 0.000000266. The van der Waals surface area contributed by atoms with E-state index in [1.54, 1.807) is 0 Å². The van der Waals surface area contributed by atoms with E-state index in [1.165, 1.54) is 71.3 Å². The summed E-state index contributed by atoms with van der Waals surface area (Å²) in [5.74, 6) is 0.518. The fourth-order valence-corrected chi connectivity index (χ4v) is 4.77. The van der Waals surface area contributed by atoms with Crippen LogP contribution in [0.4, 0.5) is 0 Å². The van der Waals surface area contributed by atoms with Crippen LogP contribution in [0.25, 0.3) is 21.5 Å². The van der Waals surface area contributed by atoms with Crippen LogP contribution in [-0.4, -0.2) is 3.21 Å². The molecule has 0 N–H and O–H groups in total. The van der Waals surface area contributed by atoms with Crippen LogP contribution in [0.5, 0.6) is 0 Å². The molecule has 0 nitrogen and oxygen atoms in total. The minimum atomic E-state index is 0. The van der Waals surface area contributed by atoms with Crippen molar-refractivity contribution < 1.29 is 49.0 Å². The van der Waals surface area contributed by atoms with E-state index in [-0.39, 0.29) is 24.8 Å². The molecule has 4 aromatic rings. The largest absolute Gasteiger partial charge is 1.00 e. The van der Waals surface area contributed by atoms with Crippen LogP contribution in [0.2, 0.25) is 0 Å². The summed E-state index contributed by atoms with van der Waals surface area (Å²) in [6.45, 7) is 15.4. The molecule has 5 rings (SSSR count). The second-order valence-electron chi connectivity index (χ2n) is 10.2. The van der Waals surface area contributed by atoms with Crippen molar-refractivity contribution in [3.63, 3.8) is 0 Å². The van der Waals surface area contributed by atoms with Gasteiger partial charge in [-0.05, 0) is 0 Å². The molecule has 0 fully saturated rings. The smallest absolute Gasteiger partial charge is 0.0771 e. The number of allylic oxidation sites excluding steroid dienone is 4. The standard InChI is InChI=1S/C13H9.C11H17.C9H10.2ClH.Zr/c1-3-7-12-10(5-1)9-11-6-2-4-8-13(11)12;1-8-6-9(2)10(7-8)11(3,4)5;1-3-9-6-4-8(2)5-7-9;;;/h1-9H;7-8H,1-5H3;4-7H,1-2H3;2*1H;/q2*-1;;;;+2/p-2. The van der Waals surface area contributed by atoms with Crippen molar-refractivity contribution in [1.82, 2.24) is 0 Å². The Kier molecular flexibility index (Phi) is 12.9. The molecule has 36 heavy (non-hydrogen) atoms. The zero-order chi connectivity index (χ0) is 24.9. The average molecular weight is 595 g/mol. The Labute approximate surface area is 245 Å². The van der Waals surface area contributed by atoms with E-state index >= 15 is 0 Å². The average Bonchev–Trinajstić information content (AvgIpc) is 3.34. The van der Waals surface area contributed by atoms with Gasteiger partial charge < -0.3 is 24.8 Å². The van der Waals surface area contributed by atoms with Gasteiger partial charge >= 0.3 is 76.7 Å². The molecule has 4 aromatic carbocycles. The molecule has 0 amide bonds. The van der Waals surface area contributed by atoms with E-state index < -0.39 is 0 Å². The first-order chi connectivity index (χ1) is 16.1. The number of hydrogen-bond donors (Lipinski definition) is 0. The summed E-state index contributed by atoms with van der Waals surface area (Å²) in [4.78, 5) is 0. The number of aryl methyl sites for hydroxylation is 1. The van der Waals surface area contributed by atoms with Crippen LogP contribution in [0.3, 0.4) is 0 Å². The molecular formula is C33H36Cl2Zr-2. The third-order valence-corrected chi connectivity index (χ3v) is 6.79. The molecule has 1 aliphatic rings. The van der Waals surface area contributed by atoms with E-state index in [0.29, 0.717) is 11.3 Å². The van der Waals surface area contributed by atoms with Gasteiger partial charge in [-0.15, -0.1) is 39.7 Å².